The molecule has 4 nitrogen and oxygen atoms in total. The van der Waals surface area contributed by atoms with Crippen LogP contribution in [0.5, 0.6) is 0 Å². The van der Waals surface area contributed by atoms with Gasteiger partial charge >= 0.3 is 41.0 Å². The molecule has 29 heavy (non-hydrogen) atoms. The third kappa shape index (κ3) is 3.70. The van der Waals surface area contributed by atoms with Gasteiger partial charge in [0.2, 0.25) is 0 Å². The van der Waals surface area contributed by atoms with E-state index in [1.54, 1.807) is 0 Å². The SMILES string of the molecule is O=S(=O)(NCCO)C(F)(F)C(F)(F)C(F)(F)C(F)(F)C(F)(F)C(F)(F)C(F)(F)F. The van der Waals surface area contributed by atoms with Crippen molar-refractivity contribution in [1.29, 1.82) is 0 Å². The molecule has 0 aliphatic carbocycles. The molecule has 0 unspecified atom stereocenters. The quantitative estimate of drug-likeness (QED) is 0.485. The Kier molecular flexibility index (Phi) is 6.91. The summed E-state index contributed by atoms with van der Waals surface area (Å²) >= 11 is 0. The van der Waals surface area contributed by atoms with Crippen LogP contribution < -0.4 is 4.72 Å². The molecule has 0 aromatic rings. The van der Waals surface area contributed by atoms with E-state index in [0.29, 0.717) is 0 Å². The van der Waals surface area contributed by atoms with Gasteiger partial charge in [-0.15, -0.1) is 0 Å². The van der Waals surface area contributed by atoms with Crippen molar-refractivity contribution in [2.45, 2.75) is 41.0 Å². The van der Waals surface area contributed by atoms with E-state index in [4.69, 9.17) is 5.11 Å². The maximum absolute atomic E-state index is 13.3. The van der Waals surface area contributed by atoms with Gasteiger partial charge in [0.05, 0.1) is 6.61 Å². The molecule has 0 heterocycles. The first-order valence-electron chi connectivity index (χ1n) is 6.25. The van der Waals surface area contributed by atoms with Crippen molar-refractivity contribution in [3.05, 3.63) is 0 Å². The Morgan fingerprint density at radius 2 is 0.897 bits per heavy atom. The van der Waals surface area contributed by atoms with Crippen LogP contribution in [0.4, 0.5) is 65.9 Å². The second kappa shape index (κ2) is 7.20. The first-order valence-corrected chi connectivity index (χ1v) is 7.73. The van der Waals surface area contributed by atoms with Gasteiger partial charge < -0.3 is 5.11 Å². The molecule has 0 aliphatic rings. The maximum Gasteiger partial charge on any atom is 0.460 e. The zero-order valence-electron chi connectivity index (χ0n) is 12.8. The van der Waals surface area contributed by atoms with Crippen LogP contribution in [0.3, 0.4) is 0 Å². The fourth-order valence-corrected chi connectivity index (χ4v) is 2.40. The summed E-state index contributed by atoms with van der Waals surface area (Å²) in [5.74, 6) is -41.8. The highest BCUT2D eigenvalue weighted by atomic mass is 32.2. The van der Waals surface area contributed by atoms with E-state index in [0.717, 1.165) is 0 Å². The van der Waals surface area contributed by atoms with Gasteiger partial charge in [-0.25, -0.2) is 13.1 Å². The summed E-state index contributed by atoms with van der Waals surface area (Å²) in [5, 5.41) is 0.677. The van der Waals surface area contributed by atoms with Crippen molar-refractivity contribution in [3.8, 4) is 0 Å². The second-order valence-electron chi connectivity index (χ2n) is 5.01. The highest BCUT2D eigenvalue weighted by Gasteiger charge is 2.94. The minimum atomic E-state index is -8.57. The van der Waals surface area contributed by atoms with Gasteiger partial charge in [-0.05, 0) is 0 Å². The van der Waals surface area contributed by atoms with Crippen LogP contribution in [0, 0.1) is 0 Å². The number of alkyl halides is 15. The molecule has 0 atom stereocenters. The van der Waals surface area contributed by atoms with Gasteiger partial charge in [-0.2, -0.15) is 65.9 Å². The normalized spacial score (nSPS) is 16.3. The minimum Gasteiger partial charge on any atom is -0.395 e. The summed E-state index contributed by atoms with van der Waals surface area (Å²) in [4.78, 5) is 0. The molecule has 0 aromatic heterocycles. The predicted molar refractivity (Wildman–Crippen MR) is 59.7 cm³/mol. The third-order valence-corrected chi connectivity index (χ3v) is 4.56. The number of nitrogens with one attached hydrogen (secondary N) is 1. The molecule has 20 heteroatoms. The van der Waals surface area contributed by atoms with E-state index < -0.39 is 64.2 Å². The lowest BCUT2D eigenvalue weighted by Crippen LogP contribution is -2.73. The number of aliphatic hydroxyl groups excluding tert-OH is 1. The summed E-state index contributed by atoms with van der Waals surface area (Å²) in [7, 11) is -7.19. The molecule has 0 radical (unpaired) electrons. The van der Waals surface area contributed by atoms with Gasteiger partial charge in [0, 0.05) is 6.54 Å². The summed E-state index contributed by atoms with van der Waals surface area (Å²) in [5.41, 5.74) is 0. The lowest BCUT2D eigenvalue weighted by atomic mass is 9.94. The lowest BCUT2D eigenvalue weighted by molar-refractivity contribution is -0.447. The molecule has 0 bridgehead atoms. The van der Waals surface area contributed by atoms with E-state index in [1.165, 1.54) is 0 Å². The first-order chi connectivity index (χ1) is 12.3. The average molecular weight is 493 g/mol. The zero-order chi connectivity index (χ0) is 24.1. The van der Waals surface area contributed by atoms with Crippen LogP contribution in [0.2, 0.25) is 0 Å². The number of hydrogen-bond donors (Lipinski definition) is 2. The Morgan fingerprint density at radius 3 is 1.21 bits per heavy atom. The first kappa shape index (κ1) is 27.8. The molecule has 0 amide bonds. The van der Waals surface area contributed by atoms with Crippen LogP contribution in [0.15, 0.2) is 0 Å². The van der Waals surface area contributed by atoms with Crippen molar-refractivity contribution in [2.24, 2.45) is 0 Å². The lowest BCUT2D eigenvalue weighted by Gasteiger charge is -2.41. The van der Waals surface area contributed by atoms with Crippen LogP contribution >= 0.6 is 0 Å². The Bertz CT molecular complexity index is 698. The molecule has 0 aliphatic heterocycles. The molecule has 0 saturated heterocycles. The highest BCUT2D eigenvalue weighted by Crippen LogP contribution is 2.62. The van der Waals surface area contributed by atoms with Gasteiger partial charge in [0.15, 0.2) is 0 Å². The monoisotopic (exact) mass is 493 g/mol. The van der Waals surface area contributed by atoms with Gasteiger partial charge in [-0.3, -0.25) is 0 Å². The maximum atomic E-state index is 13.3. The van der Waals surface area contributed by atoms with Crippen molar-refractivity contribution >= 4 is 10.0 Å². The summed E-state index contributed by atoms with van der Waals surface area (Å²) < 4.78 is 214. The fourth-order valence-electron chi connectivity index (χ4n) is 1.39. The predicted octanol–water partition coefficient (Wildman–Crippen LogP) is 3.23. The van der Waals surface area contributed by atoms with Crippen LogP contribution in [-0.4, -0.2) is 67.7 Å². The van der Waals surface area contributed by atoms with E-state index in [2.05, 4.69) is 0 Å². The van der Waals surface area contributed by atoms with Gasteiger partial charge in [0.1, 0.15) is 0 Å². The Balaban J connectivity index is 6.65. The third-order valence-electron chi connectivity index (χ3n) is 3.04. The number of rotatable bonds is 9. The van der Waals surface area contributed by atoms with E-state index in [1.807, 2.05) is 0 Å². The topological polar surface area (TPSA) is 66.4 Å². The minimum absolute atomic E-state index is 0.270. The summed E-state index contributed by atoms with van der Waals surface area (Å²) in [6.45, 7) is -3.10. The molecular weight excluding hydrogens is 487 g/mol. The van der Waals surface area contributed by atoms with E-state index >= 15 is 0 Å². The number of sulfonamides is 1. The number of hydrogen-bond acceptors (Lipinski definition) is 3. The Labute approximate surface area is 149 Å². The molecule has 176 valence electrons. The largest absolute Gasteiger partial charge is 0.460 e. The Hall–Kier alpha value is -1.18. The van der Waals surface area contributed by atoms with Crippen molar-refractivity contribution in [3.63, 3.8) is 0 Å². The molecule has 0 spiro atoms. The standard InChI is InChI=1S/C9H6F15NO3S/c10-3(11,4(12,13)6(16,17)8(20,21)22)5(14,15)7(18,19)9(23,24)29(27,28)25-1-2-26/h25-26H,1-2H2. The van der Waals surface area contributed by atoms with Crippen LogP contribution in [0.1, 0.15) is 0 Å². The Morgan fingerprint density at radius 1 is 0.586 bits per heavy atom. The molecular formula is C9H6F15NO3S. The molecule has 0 fully saturated rings. The molecule has 0 aromatic carbocycles. The van der Waals surface area contributed by atoms with E-state index in [9.17, 15) is 74.3 Å². The van der Waals surface area contributed by atoms with Gasteiger partial charge in [0.25, 0.3) is 10.0 Å². The van der Waals surface area contributed by atoms with Gasteiger partial charge in [-0.1, -0.05) is 0 Å². The second-order valence-corrected chi connectivity index (χ2v) is 6.82. The summed E-state index contributed by atoms with van der Waals surface area (Å²) in [6, 6.07) is 0. The van der Waals surface area contributed by atoms with Crippen molar-refractivity contribution < 1.29 is 79.4 Å². The van der Waals surface area contributed by atoms with Crippen LogP contribution in [-0.2, 0) is 10.0 Å². The van der Waals surface area contributed by atoms with Crippen LogP contribution in [0.25, 0.3) is 0 Å². The van der Waals surface area contributed by atoms with Crippen molar-refractivity contribution in [1.82, 2.24) is 4.72 Å². The smallest absolute Gasteiger partial charge is 0.395 e. The fraction of sp³-hybridized carbons (Fsp3) is 1.00. The van der Waals surface area contributed by atoms with E-state index in [-0.39, 0.29) is 4.72 Å². The molecule has 2 N–H and O–H groups in total. The van der Waals surface area contributed by atoms with Crippen molar-refractivity contribution in [2.75, 3.05) is 13.2 Å². The molecule has 0 saturated carbocycles. The average Bonchev–Trinajstić information content (AvgIpc) is 2.50. The highest BCUT2D eigenvalue weighted by molar-refractivity contribution is 7.90. The zero-order valence-corrected chi connectivity index (χ0v) is 13.6. The number of halogens is 15. The molecule has 0 rings (SSSR count). The summed E-state index contributed by atoms with van der Waals surface area (Å²) in [6.07, 6.45) is -7.75. The number of aliphatic hydroxyl groups is 1.